The van der Waals surface area contributed by atoms with Crippen LogP contribution >= 0.6 is 11.6 Å². The van der Waals surface area contributed by atoms with Gasteiger partial charge in [0.1, 0.15) is 11.6 Å². The predicted molar refractivity (Wildman–Crippen MR) is 88.9 cm³/mol. The molecule has 0 amide bonds. The topological polar surface area (TPSA) is 70.4 Å². The number of halogens is 1. The molecule has 0 N–H and O–H groups in total. The van der Waals surface area contributed by atoms with Crippen LogP contribution in [0.1, 0.15) is 35.9 Å². The van der Waals surface area contributed by atoms with Crippen LogP contribution in [0.15, 0.2) is 29.1 Å². The number of benzene rings is 1. The van der Waals surface area contributed by atoms with Crippen LogP contribution in [0.2, 0.25) is 5.02 Å². The van der Waals surface area contributed by atoms with Crippen molar-refractivity contribution in [2.45, 2.75) is 32.7 Å². The number of rotatable bonds is 4. The molecule has 0 fully saturated rings. The highest BCUT2D eigenvalue weighted by Crippen LogP contribution is 2.26. The summed E-state index contributed by atoms with van der Waals surface area (Å²) in [4.78, 5) is 29.4. The highest BCUT2D eigenvalue weighted by molar-refractivity contribution is 6.30. The van der Waals surface area contributed by atoms with Crippen molar-refractivity contribution < 1.29 is 14.3 Å². The van der Waals surface area contributed by atoms with Gasteiger partial charge in [-0.3, -0.25) is 9.36 Å². The first-order valence-electron chi connectivity index (χ1n) is 7.84. The summed E-state index contributed by atoms with van der Waals surface area (Å²) in [6.45, 7) is 2.39. The van der Waals surface area contributed by atoms with Crippen molar-refractivity contribution in [3.63, 3.8) is 0 Å². The van der Waals surface area contributed by atoms with Gasteiger partial charge in [-0.05, 0) is 38.0 Å². The second kappa shape index (κ2) is 7.05. The molecule has 1 aromatic carbocycles. The Bertz CT molecular complexity index is 832. The third-order valence-electron chi connectivity index (χ3n) is 3.74. The Morgan fingerprint density at radius 1 is 1.38 bits per heavy atom. The molecule has 0 aliphatic carbocycles. The van der Waals surface area contributed by atoms with Gasteiger partial charge in [0.05, 0.1) is 6.61 Å². The number of hydrogen-bond acceptors (Lipinski definition) is 5. The zero-order valence-electron chi connectivity index (χ0n) is 13.3. The van der Waals surface area contributed by atoms with Crippen molar-refractivity contribution in [3.8, 4) is 11.6 Å². The number of esters is 1. The molecule has 0 unspecified atom stereocenters. The van der Waals surface area contributed by atoms with E-state index in [1.54, 1.807) is 31.2 Å². The summed E-state index contributed by atoms with van der Waals surface area (Å²) in [7, 11) is 0. The summed E-state index contributed by atoms with van der Waals surface area (Å²) in [6.07, 6.45) is 2.50. The molecule has 0 atom stereocenters. The van der Waals surface area contributed by atoms with Crippen molar-refractivity contribution in [1.82, 2.24) is 9.55 Å². The number of nitrogens with zero attached hydrogens (tertiary/aromatic N) is 2. The number of fused-ring (bicyclic) bond motifs is 1. The third kappa shape index (κ3) is 3.28. The van der Waals surface area contributed by atoms with Gasteiger partial charge in [0.25, 0.3) is 5.56 Å². The van der Waals surface area contributed by atoms with Gasteiger partial charge in [-0.1, -0.05) is 17.7 Å². The Kier molecular flexibility index (Phi) is 4.85. The first kappa shape index (κ1) is 16.5. The molecule has 2 heterocycles. The van der Waals surface area contributed by atoms with Gasteiger partial charge in [-0.2, -0.15) is 4.98 Å². The maximum atomic E-state index is 12.7. The molecule has 1 aliphatic rings. The minimum atomic E-state index is -0.729. The number of aromatic nitrogens is 2. The van der Waals surface area contributed by atoms with Crippen molar-refractivity contribution in [2.24, 2.45) is 0 Å². The Labute approximate surface area is 144 Å². The van der Waals surface area contributed by atoms with Crippen LogP contribution in [0.4, 0.5) is 0 Å². The summed E-state index contributed by atoms with van der Waals surface area (Å²) < 4.78 is 12.2. The fourth-order valence-electron chi connectivity index (χ4n) is 2.65. The average molecular weight is 349 g/mol. The number of ether oxygens (including phenoxy) is 2. The van der Waals surface area contributed by atoms with Crippen LogP contribution in [-0.4, -0.2) is 22.1 Å². The average Bonchev–Trinajstić information content (AvgIpc) is 2.55. The molecule has 0 radical (unpaired) electrons. The van der Waals surface area contributed by atoms with Gasteiger partial charge in [-0.25, -0.2) is 4.79 Å². The maximum absolute atomic E-state index is 12.7. The molecule has 126 valence electrons. The molecule has 0 spiro atoms. The molecule has 24 heavy (non-hydrogen) atoms. The van der Waals surface area contributed by atoms with E-state index in [4.69, 9.17) is 21.1 Å². The normalized spacial score (nSPS) is 13.2. The molecule has 0 saturated carbocycles. The standard InChI is InChI=1S/C17H17ClN2O4/c1-2-23-17(22)14-15(24-12-7-5-6-11(18)10-12)19-13-8-3-4-9-20(13)16(14)21/h5-7,10H,2-4,8-9H2,1H3. The zero-order valence-corrected chi connectivity index (χ0v) is 14.0. The fraction of sp³-hybridized carbons (Fsp3) is 0.353. The van der Waals surface area contributed by atoms with Crippen LogP contribution in [0.3, 0.4) is 0 Å². The van der Waals surface area contributed by atoms with Crippen molar-refractivity contribution in [2.75, 3.05) is 6.61 Å². The van der Waals surface area contributed by atoms with E-state index in [9.17, 15) is 9.59 Å². The molecular weight excluding hydrogens is 332 g/mol. The SMILES string of the molecule is CCOC(=O)c1c(Oc2cccc(Cl)c2)nc2n(c1=O)CCCC2. The lowest BCUT2D eigenvalue weighted by atomic mass is 10.1. The Morgan fingerprint density at radius 3 is 2.96 bits per heavy atom. The third-order valence-corrected chi connectivity index (χ3v) is 3.97. The molecule has 6 nitrogen and oxygen atoms in total. The molecule has 2 aromatic rings. The van der Waals surface area contributed by atoms with Crippen LogP contribution < -0.4 is 10.3 Å². The molecule has 0 bridgehead atoms. The van der Waals surface area contributed by atoms with E-state index in [0.29, 0.717) is 29.6 Å². The minimum Gasteiger partial charge on any atom is -0.462 e. The predicted octanol–water partition coefficient (Wildman–Crippen LogP) is 3.20. The quantitative estimate of drug-likeness (QED) is 0.793. The maximum Gasteiger partial charge on any atom is 0.349 e. The molecular formula is C17H17ClN2O4. The van der Waals surface area contributed by atoms with Crippen LogP contribution in [0, 0.1) is 0 Å². The van der Waals surface area contributed by atoms with Gasteiger partial charge in [-0.15, -0.1) is 0 Å². The smallest absolute Gasteiger partial charge is 0.349 e. The lowest BCUT2D eigenvalue weighted by Gasteiger charge is -2.19. The number of carbonyl (C=O) groups excluding carboxylic acids is 1. The Balaban J connectivity index is 2.10. The van der Waals surface area contributed by atoms with Gasteiger partial charge in [0.15, 0.2) is 5.56 Å². The van der Waals surface area contributed by atoms with E-state index in [-0.39, 0.29) is 18.1 Å². The van der Waals surface area contributed by atoms with E-state index < -0.39 is 11.5 Å². The van der Waals surface area contributed by atoms with Crippen LogP contribution in [0.25, 0.3) is 0 Å². The van der Waals surface area contributed by atoms with Gasteiger partial charge < -0.3 is 9.47 Å². The second-order valence-corrected chi connectivity index (χ2v) is 5.84. The second-order valence-electron chi connectivity index (χ2n) is 5.40. The number of carbonyl (C=O) groups is 1. The zero-order chi connectivity index (χ0) is 17.1. The summed E-state index contributed by atoms with van der Waals surface area (Å²) in [5.74, 6) is 0.263. The molecule has 1 aliphatic heterocycles. The molecule has 1 aromatic heterocycles. The Morgan fingerprint density at radius 2 is 2.21 bits per heavy atom. The fourth-order valence-corrected chi connectivity index (χ4v) is 2.83. The van der Waals surface area contributed by atoms with Crippen LogP contribution in [0.5, 0.6) is 11.6 Å². The van der Waals surface area contributed by atoms with Crippen molar-refractivity contribution in [1.29, 1.82) is 0 Å². The lowest BCUT2D eigenvalue weighted by molar-refractivity contribution is 0.0519. The summed E-state index contributed by atoms with van der Waals surface area (Å²) in [6, 6.07) is 6.69. The summed E-state index contributed by atoms with van der Waals surface area (Å²) in [5.41, 5.74) is -0.599. The molecule has 0 saturated heterocycles. The van der Waals surface area contributed by atoms with E-state index in [1.807, 2.05) is 0 Å². The van der Waals surface area contributed by atoms with Gasteiger partial charge in [0.2, 0.25) is 5.88 Å². The van der Waals surface area contributed by atoms with Gasteiger partial charge >= 0.3 is 5.97 Å². The highest BCUT2D eigenvalue weighted by Gasteiger charge is 2.26. The van der Waals surface area contributed by atoms with E-state index in [1.165, 1.54) is 4.57 Å². The van der Waals surface area contributed by atoms with Crippen molar-refractivity contribution in [3.05, 3.63) is 51.0 Å². The van der Waals surface area contributed by atoms with Crippen LogP contribution in [-0.2, 0) is 17.7 Å². The molecule has 3 rings (SSSR count). The largest absolute Gasteiger partial charge is 0.462 e. The first-order chi connectivity index (χ1) is 11.6. The number of aryl methyl sites for hydroxylation is 1. The van der Waals surface area contributed by atoms with Crippen molar-refractivity contribution >= 4 is 17.6 Å². The summed E-state index contributed by atoms with van der Waals surface area (Å²) in [5, 5.41) is 0.486. The lowest BCUT2D eigenvalue weighted by Crippen LogP contribution is -2.33. The highest BCUT2D eigenvalue weighted by atomic mass is 35.5. The van der Waals surface area contributed by atoms with E-state index in [2.05, 4.69) is 4.98 Å². The molecule has 7 heteroatoms. The van der Waals surface area contributed by atoms with E-state index >= 15 is 0 Å². The Hall–Kier alpha value is -2.34. The monoisotopic (exact) mass is 348 g/mol. The minimum absolute atomic E-state index is 0.0335. The van der Waals surface area contributed by atoms with Gasteiger partial charge in [0, 0.05) is 18.0 Å². The number of hydrogen-bond donors (Lipinski definition) is 0. The summed E-state index contributed by atoms with van der Waals surface area (Å²) >= 11 is 5.95. The van der Waals surface area contributed by atoms with E-state index in [0.717, 1.165) is 12.8 Å². The first-order valence-corrected chi connectivity index (χ1v) is 8.22.